The minimum atomic E-state index is 0.0654. The highest BCUT2D eigenvalue weighted by Gasteiger charge is 2.27. The largest absolute Gasteiger partial charge is 0.377 e. The van der Waals surface area contributed by atoms with Crippen LogP contribution in [0.25, 0.3) is 0 Å². The van der Waals surface area contributed by atoms with Gasteiger partial charge in [0.2, 0.25) is 0 Å². The maximum absolute atomic E-state index is 6.16. The van der Waals surface area contributed by atoms with Crippen LogP contribution in [0.3, 0.4) is 0 Å². The molecule has 0 radical (unpaired) electrons. The zero-order valence-corrected chi connectivity index (χ0v) is 13.3. The summed E-state index contributed by atoms with van der Waals surface area (Å²) in [6.07, 6.45) is 11.1. The number of allylic oxidation sites excluding steroid dienone is 1. The van der Waals surface area contributed by atoms with Gasteiger partial charge in [0.1, 0.15) is 0 Å². The van der Waals surface area contributed by atoms with E-state index < -0.39 is 0 Å². The minimum Gasteiger partial charge on any atom is -0.377 e. The average molecular weight is 296 g/mol. The van der Waals surface area contributed by atoms with Gasteiger partial charge >= 0.3 is 0 Å². The lowest BCUT2D eigenvalue weighted by Crippen LogP contribution is -2.52. The fraction of sp³-hybridized carbons (Fsp3) is 0.875. The highest BCUT2D eigenvalue weighted by atomic mass is 16.5. The summed E-state index contributed by atoms with van der Waals surface area (Å²) in [5.74, 6) is 0.552. The molecule has 5 heteroatoms. The van der Waals surface area contributed by atoms with Crippen LogP contribution in [-0.2, 0) is 4.74 Å². The predicted octanol–water partition coefficient (Wildman–Crippen LogP) is 1.05. The van der Waals surface area contributed by atoms with Gasteiger partial charge in [0.05, 0.1) is 18.9 Å². The normalized spacial score (nSPS) is 35.8. The van der Waals surface area contributed by atoms with E-state index in [0.29, 0.717) is 18.1 Å². The Balaban J connectivity index is 1.64. The van der Waals surface area contributed by atoms with Crippen molar-refractivity contribution in [2.45, 2.75) is 69.8 Å². The summed E-state index contributed by atoms with van der Waals surface area (Å²) in [6.45, 7) is 3.81. The summed E-state index contributed by atoms with van der Waals surface area (Å²) < 4.78 is 6.08. The molecular formula is C16H32N4O. The highest BCUT2D eigenvalue weighted by molar-refractivity contribution is 4.86. The molecule has 3 unspecified atom stereocenters. The summed E-state index contributed by atoms with van der Waals surface area (Å²) in [6, 6.07) is 0.573. The van der Waals surface area contributed by atoms with Crippen molar-refractivity contribution < 1.29 is 4.74 Å². The summed E-state index contributed by atoms with van der Waals surface area (Å²) in [5.41, 5.74) is 12.3. The predicted molar refractivity (Wildman–Crippen MR) is 86.6 cm³/mol. The van der Waals surface area contributed by atoms with E-state index in [-0.39, 0.29) is 12.2 Å². The number of rotatable bonds is 6. The lowest BCUT2D eigenvalue weighted by atomic mass is 9.85. The first-order valence-corrected chi connectivity index (χ1v) is 8.44. The van der Waals surface area contributed by atoms with Gasteiger partial charge < -0.3 is 26.8 Å². The topological polar surface area (TPSA) is 85.3 Å². The van der Waals surface area contributed by atoms with Gasteiger partial charge in [0.25, 0.3) is 0 Å². The molecule has 21 heavy (non-hydrogen) atoms. The fourth-order valence-electron chi connectivity index (χ4n) is 3.36. The van der Waals surface area contributed by atoms with E-state index in [1.165, 1.54) is 6.42 Å². The van der Waals surface area contributed by atoms with Gasteiger partial charge in [0.15, 0.2) is 0 Å². The van der Waals surface area contributed by atoms with E-state index in [1.54, 1.807) is 0 Å². The smallest absolute Gasteiger partial charge is 0.0766 e. The molecule has 2 rings (SSSR count). The Kier molecular flexibility index (Phi) is 6.96. The lowest BCUT2D eigenvalue weighted by molar-refractivity contribution is -0.00194. The van der Waals surface area contributed by atoms with Crippen molar-refractivity contribution in [3.05, 3.63) is 12.3 Å². The van der Waals surface area contributed by atoms with Gasteiger partial charge in [-0.05, 0) is 64.1 Å². The molecule has 1 heterocycles. The SMILES string of the molecule is C/C=C\NC(N)C1CCC(OCC2NCCCC2N)CC1. The molecule has 1 saturated carbocycles. The first-order valence-electron chi connectivity index (χ1n) is 8.44. The Morgan fingerprint density at radius 3 is 2.71 bits per heavy atom. The summed E-state index contributed by atoms with van der Waals surface area (Å²) >= 11 is 0. The summed E-state index contributed by atoms with van der Waals surface area (Å²) in [4.78, 5) is 0. The van der Waals surface area contributed by atoms with E-state index in [2.05, 4.69) is 10.6 Å². The van der Waals surface area contributed by atoms with E-state index in [0.717, 1.165) is 45.3 Å². The molecule has 0 bridgehead atoms. The van der Waals surface area contributed by atoms with Gasteiger partial charge in [-0.3, -0.25) is 0 Å². The molecule has 2 aliphatic rings. The molecule has 1 aliphatic carbocycles. The molecule has 122 valence electrons. The van der Waals surface area contributed by atoms with Crippen molar-refractivity contribution >= 4 is 0 Å². The molecule has 3 atom stereocenters. The van der Waals surface area contributed by atoms with Crippen LogP contribution in [0.15, 0.2) is 12.3 Å². The second-order valence-electron chi connectivity index (χ2n) is 6.43. The number of piperidine rings is 1. The standard InChI is InChI=1S/C16H32N4O/c1-2-9-20-16(18)12-5-7-13(8-6-12)21-11-15-14(17)4-3-10-19-15/h2,9,12-16,19-20H,3-8,10-11,17-18H2,1H3/b9-2-. The van der Waals surface area contributed by atoms with E-state index in [1.807, 2.05) is 19.2 Å². The Hall–Kier alpha value is -0.620. The molecule has 0 spiro atoms. The molecule has 2 fully saturated rings. The van der Waals surface area contributed by atoms with Crippen LogP contribution >= 0.6 is 0 Å². The van der Waals surface area contributed by atoms with E-state index in [4.69, 9.17) is 16.2 Å². The molecule has 5 nitrogen and oxygen atoms in total. The van der Waals surface area contributed by atoms with Crippen LogP contribution in [0, 0.1) is 5.92 Å². The maximum atomic E-state index is 6.16. The van der Waals surface area contributed by atoms with Gasteiger partial charge in [-0.2, -0.15) is 0 Å². The Labute approximate surface area is 128 Å². The first kappa shape index (κ1) is 16.7. The van der Waals surface area contributed by atoms with Crippen molar-refractivity contribution in [1.82, 2.24) is 10.6 Å². The molecule has 6 N–H and O–H groups in total. The zero-order chi connectivity index (χ0) is 15.1. The van der Waals surface area contributed by atoms with Crippen LogP contribution in [-0.4, -0.2) is 37.5 Å². The number of nitrogens with one attached hydrogen (secondary N) is 2. The Morgan fingerprint density at radius 1 is 1.29 bits per heavy atom. The van der Waals surface area contributed by atoms with Crippen molar-refractivity contribution in [3.63, 3.8) is 0 Å². The van der Waals surface area contributed by atoms with Crippen molar-refractivity contribution in [2.75, 3.05) is 13.2 Å². The van der Waals surface area contributed by atoms with Crippen molar-refractivity contribution in [2.24, 2.45) is 17.4 Å². The molecule has 1 aliphatic heterocycles. The molecule has 0 aromatic rings. The monoisotopic (exact) mass is 296 g/mol. The molecule has 0 aromatic carbocycles. The number of hydrogen-bond acceptors (Lipinski definition) is 5. The maximum Gasteiger partial charge on any atom is 0.0766 e. The summed E-state index contributed by atoms with van der Waals surface area (Å²) in [7, 11) is 0. The van der Waals surface area contributed by atoms with Gasteiger partial charge in [-0.25, -0.2) is 0 Å². The van der Waals surface area contributed by atoms with Crippen molar-refractivity contribution in [3.8, 4) is 0 Å². The minimum absolute atomic E-state index is 0.0654. The summed E-state index contributed by atoms with van der Waals surface area (Å²) in [5, 5.41) is 6.71. The molecular weight excluding hydrogens is 264 g/mol. The quantitative estimate of drug-likeness (QED) is 0.551. The third-order valence-electron chi connectivity index (χ3n) is 4.83. The number of nitrogens with two attached hydrogens (primary N) is 2. The number of hydrogen-bond donors (Lipinski definition) is 4. The zero-order valence-electron chi connectivity index (χ0n) is 13.3. The van der Waals surface area contributed by atoms with Crippen LogP contribution in [0.4, 0.5) is 0 Å². The second-order valence-corrected chi connectivity index (χ2v) is 6.43. The van der Waals surface area contributed by atoms with Crippen LogP contribution < -0.4 is 22.1 Å². The highest BCUT2D eigenvalue weighted by Crippen LogP contribution is 2.27. The van der Waals surface area contributed by atoms with Crippen molar-refractivity contribution in [1.29, 1.82) is 0 Å². The average Bonchev–Trinajstić information content (AvgIpc) is 2.52. The lowest BCUT2D eigenvalue weighted by Gasteiger charge is -2.34. The van der Waals surface area contributed by atoms with E-state index >= 15 is 0 Å². The van der Waals surface area contributed by atoms with Gasteiger partial charge in [-0.15, -0.1) is 0 Å². The fourth-order valence-corrected chi connectivity index (χ4v) is 3.36. The number of ether oxygens (including phenoxy) is 1. The third kappa shape index (κ3) is 5.25. The molecule has 1 saturated heterocycles. The van der Waals surface area contributed by atoms with Crippen LogP contribution in [0.2, 0.25) is 0 Å². The second kappa shape index (κ2) is 8.73. The van der Waals surface area contributed by atoms with E-state index in [9.17, 15) is 0 Å². The van der Waals surface area contributed by atoms with Crippen LogP contribution in [0.5, 0.6) is 0 Å². The first-order chi connectivity index (χ1) is 10.2. The van der Waals surface area contributed by atoms with Gasteiger partial charge in [-0.1, -0.05) is 6.08 Å². The Bertz CT molecular complexity index is 315. The Morgan fingerprint density at radius 2 is 2.05 bits per heavy atom. The molecule has 0 aromatic heterocycles. The van der Waals surface area contributed by atoms with Gasteiger partial charge in [0, 0.05) is 12.1 Å². The third-order valence-corrected chi connectivity index (χ3v) is 4.83. The molecule has 0 amide bonds. The van der Waals surface area contributed by atoms with Crippen LogP contribution in [0.1, 0.15) is 45.4 Å².